The molecule has 1 aliphatic heterocycles. The number of nitrogens with zero attached hydrogens (tertiary/aromatic N) is 1. The van der Waals surface area contributed by atoms with Crippen molar-refractivity contribution in [1.82, 2.24) is 73.7 Å². The number of nitrogens with one attached hydrogen (secondary N) is 13. The zero-order chi connectivity index (χ0) is 87.8. The van der Waals surface area contributed by atoms with Crippen molar-refractivity contribution >= 4 is 129 Å². The van der Waals surface area contributed by atoms with Crippen LogP contribution in [0.5, 0.6) is 0 Å². The number of fused-ring (bicyclic) bond motifs is 1. The van der Waals surface area contributed by atoms with E-state index < -0.39 is 261 Å². The number of amides is 14. The van der Waals surface area contributed by atoms with Crippen LogP contribution in [0.4, 0.5) is 0 Å². The van der Waals surface area contributed by atoms with Gasteiger partial charge in [0.25, 0.3) is 0 Å². The molecule has 117 heavy (non-hydrogen) atoms. The fourth-order valence-electron chi connectivity index (χ4n) is 12.1. The summed E-state index contributed by atoms with van der Waals surface area (Å²) in [6, 6.07) is -14.7. The number of carbonyl (C=O) groups is 20. The van der Waals surface area contributed by atoms with Crippen molar-refractivity contribution in [2.45, 2.75) is 248 Å². The molecule has 2 aromatic rings. The van der Waals surface area contributed by atoms with Gasteiger partial charge < -0.3 is 121 Å². The number of hydrogen-bond donors (Lipinski definition) is 21. The maximum Gasteiger partial charge on any atom is 0.329 e. The Bertz CT molecular complexity index is 3840. The summed E-state index contributed by atoms with van der Waals surface area (Å²) in [5, 5.41) is 77.4. The lowest BCUT2D eigenvalue weighted by molar-refractivity contribution is -0.159. The Morgan fingerprint density at radius 2 is 1.07 bits per heavy atom. The van der Waals surface area contributed by atoms with Crippen molar-refractivity contribution in [2.75, 3.05) is 33.2 Å². The Labute approximate surface area is 673 Å². The van der Waals surface area contributed by atoms with E-state index in [4.69, 9.17) is 21.9 Å². The molecule has 0 aliphatic carbocycles. The second-order valence-corrected chi connectivity index (χ2v) is 28.7. The molecule has 0 bridgehead atoms. The Morgan fingerprint density at radius 1 is 0.538 bits per heavy atom. The van der Waals surface area contributed by atoms with Crippen molar-refractivity contribution in [1.29, 1.82) is 0 Å². The first-order valence-corrected chi connectivity index (χ1v) is 38.6. The largest absolute Gasteiger partial charge is 0.481 e. The molecule has 1 aliphatic rings. The van der Waals surface area contributed by atoms with Crippen LogP contribution in [0.25, 0.3) is 10.9 Å². The number of esters is 1. The summed E-state index contributed by atoms with van der Waals surface area (Å²) in [4.78, 5) is 277. The van der Waals surface area contributed by atoms with E-state index in [-0.39, 0.29) is 64.5 Å². The highest BCUT2D eigenvalue weighted by atomic mass is 16.5. The molecule has 0 saturated carbocycles. The van der Waals surface area contributed by atoms with Gasteiger partial charge in [0.1, 0.15) is 72.6 Å². The van der Waals surface area contributed by atoms with E-state index in [1.165, 1.54) is 13.8 Å². The average Bonchev–Trinajstić information content (AvgIpc) is 1.72. The van der Waals surface area contributed by atoms with Crippen LogP contribution in [0.3, 0.4) is 0 Å². The molecule has 14 atom stereocenters. The highest BCUT2D eigenvalue weighted by Crippen LogP contribution is 2.22. The number of unbranched alkanes of at least 4 members (excludes halogenated alkanes) is 4. The number of carboxylic acids is 5. The first kappa shape index (κ1) is 99.3. The lowest BCUT2D eigenvalue weighted by atomic mass is 9.98. The van der Waals surface area contributed by atoms with Gasteiger partial charge in [-0.2, -0.15) is 0 Å². The van der Waals surface area contributed by atoms with Crippen molar-refractivity contribution in [3.05, 3.63) is 36.0 Å². The number of likely N-dealkylation sites (N-methyl/N-ethyl adjacent to an activating group) is 1. The molecule has 0 radical (unpaired) electrons. The summed E-state index contributed by atoms with van der Waals surface area (Å²) in [6.45, 7) is 5.69. The van der Waals surface area contributed by atoms with Gasteiger partial charge in [0.15, 0.2) is 0 Å². The maximum absolute atomic E-state index is 15.1. The fraction of sp³-hybridized carbons (Fsp3) is 0.622. The molecule has 43 nitrogen and oxygen atoms in total. The van der Waals surface area contributed by atoms with Gasteiger partial charge in [-0.25, -0.2) is 4.79 Å². The van der Waals surface area contributed by atoms with Gasteiger partial charge in [-0.05, 0) is 94.8 Å². The quantitative estimate of drug-likeness (QED) is 0.0223. The Kier molecular flexibility index (Phi) is 43.4. The minimum atomic E-state index is -2.32. The lowest BCUT2D eigenvalue weighted by Gasteiger charge is -2.32. The molecular formula is C74H113N17O26. The maximum atomic E-state index is 15.1. The van der Waals surface area contributed by atoms with Gasteiger partial charge in [0, 0.05) is 49.8 Å². The number of benzene rings is 1. The molecule has 1 aromatic heterocycles. The number of aromatic amines is 1. The number of cyclic esters (lactones) is 1. The average molecular weight is 1660 g/mol. The first-order valence-electron chi connectivity index (χ1n) is 38.6. The van der Waals surface area contributed by atoms with E-state index in [1.807, 2.05) is 5.32 Å². The highest BCUT2D eigenvalue weighted by Gasteiger charge is 2.42. The SMILES string of the molecule is CCC(C)CCCCCCC(=O)NC(Cc1c[nH]c2ccccc12)C(=O)NC(CCC(=O)O)C(=O)NC(CC(=O)O)C(=O)NC1C(=O)N(C)CC(=O)NC(CCCN)C(=O)NC(CC(=O)O)C(=O)NC(CCCCN)C(=O)NC(CC(=O)O)C(=O)NCC(=O)NC(CC(N)=O)C(=O)NC(CCC(=O)O)C(=O)NC(C(C)CC)C(=O)OC1C. The third kappa shape index (κ3) is 36.2. The van der Waals surface area contributed by atoms with Crippen molar-refractivity contribution in [3.8, 4) is 0 Å². The van der Waals surface area contributed by atoms with Gasteiger partial charge in [0.2, 0.25) is 82.7 Å². The number of aromatic nitrogens is 1. The Morgan fingerprint density at radius 3 is 1.65 bits per heavy atom. The predicted molar refractivity (Wildman–Crippen MR) is 412 cm³/mol. The number of para-hydroxylation sites is 1. The summed E-state index contributed by atoms with van der Waals surface area (Å²) >= 11 is 0. The molecule has 1 fully saturated rings. The zero-order valence-corrected chi connectivity index (χ0v) is 66.3. The van der Waals surface area contributed by atoms with Crippen LogP contribution < -0.4 is 81.0 Å². The molecule has 0 spiro atoms. The predicted octanol–water partition coefficient (Wildman–Crippen LogP) is -4.11. The van der Waals surface area contributed by atoms with Crippen LogP contribution in [0, 0.1) is 11.8 Å². The normalized spacial score (nSPS) is 21.4. The van der Waals surface area contributed by atoms with Gasteiger partial charge in [-0.3, -0.25) is 91.1 Å². The summed E-state index contributed by atoms with van der Waals surface area (Å²) in [7, 11) is 0.933. The summed E-state index contributed by atoms with van der Waals surface area (Å²) < 4.78 is 5.79. The van der Waals surface area contributed by atoms with Crippen molar-refractivity contribution in [2.24, 2.45) is 29.0 Å². The number of carboxylic acid groups (broad SMARTS) is 5. The van der Waals surface area contributed by atoms with Crippen LogP contribution >= 0.6 is 0 Å². The van der Waals surface area contributed by atoms with Crippen LogP contribution in [-0.2, 0) is 107 Å². The van der Waals surface area contributed by atoms with Gasteiger partial charge in [-0.15, -0.1) is 0 Å². The zero-order valence-electron chi connectivity index (χ0n) is 66.3. The second kappa shape index (κ2) is 51.1. The monoisotopic (exact) mass is 1660 g/mol. The first-order chi connectivity index (χ1) is 55.2. The molecule has 2 heterocycles. The molecular weight excluding hydrogens is 1540 g/mol. The highest BCUT2D eigenvalue weighted by molar-refractivity contribution is 6.02. The summed E-state index contributed by atoms with van der Waals surface area (Å²) in [5.41, 5.74) is 18.1. The van der Waals surface area contributed by atoms with E-state index in [9.17, 15) is 117 Å². The number of aliphatic carboxylic acids is 5. The summed E-state index contributed by atoms with van der Waals surface area (Å²) in [5.74, 6) is -28.0. The Hall–Kier alpha value is -11.9. The second-order valence-electron chi connectivity index (χ2n) is 28.7. The van der Waals surface area contributed by atoms with E-state index in [0.717, 1.165) is 39.7 Å². The molecule has 1 aromatic carbocycles. The van der Waals surface area contributed by atoms with E-state index in [1.54, 1.807) is 30.5 Å². The molecule has 3 rings (SSSR count). The van der Waals surface area contributed by atoms with Crippen LogP contribution in [0.1, 0.15) is 175 Å². The molecule has 24 N–H and O–H groups in total. The fourth-order valence-corrected chi connectivity index (χ4v) is 12.1. The standard InChI is InChI=1S/C74H113N17O26/c1-7-38(3)18-11-9-10-12-23-54(93)81-48(30-41-35-78-43-20-14-13-19-42(41)43)69(111)84-46(24-26-57(96)97)67(109)88-52(34-61(104)105)72(114)90-63-40(5)117-74(116)62(39(4)8-2)89-68(110)47(25-27-58(98)99)85-70(112)49(31-53(77)92)82-55(94)36-79-64(106)50(32-59(100)101)86-66(108)45(21-15-16-28-75)83-71(113)51(33-60(102)103)87-65(107)44(22-17-29-76)80-56(95)37-91(6)73(63)115/h13-14,19-20,35,38-40,44-52,62-63,78H,7-12,15-18,21-34,36-37,75-76H2,1-6H3,(H2,77,92)(H,79,106)(H,80,95)(H,81,93)(H,82,94)(H,83,113)(H,84,111)(H,85,112)(H,86,108)(H,87,107)(H,88,109)(H,89,110)(H,90,114)(H,96,97)(H,98,99)(H,100,101)(H,102,103)(H,104,105). The minimum absolute atomic E-state index is 0.00908. The van der Waals surface area contributed by atoms with Gasteiger partial charge in [-0.1, -0.05) is 84.4 Å². The van der Waals surface area contributed by atoms with Crippen LogP contribution in [-0.4, -0.2) is 260 Å². The number of rotatable bonds is 40. The van der Waals surface area contributed by atoms with Gasteiger partial charge >= 0.3 is 35.8 Å². The lowest BCUT2D eigenvalue weighted by Crippen LogP contribution is -2.61. The van der Waals surface area contributed by atoms with Crippen molar-refractivity contribution < 1.29 is 126 Å². The minimum Gasteiger partial charge on any atom is -0.481 e. The smallest absolute Gasteiger partial charge is 0.329 e. The molecule has 14 amide bonds. The number of H-pyrrole nitrogens is 1. The Balaban J connectivity index is 2.28. The van der Waals surface area contributed by atoms with E-state index in [2.05, 4.69) is 77.3 Å². The number of hydrogen-bond acceptors (Lipinski definition) is 23. The third-order valence-electron chi connectivity index (χ3n) is 19.2. The van der Waals surface area contributed by atoms with Gasteiger partial charge in [0.05, 0.1) is 38.8 Å². The molecule has 43 heteroatoms. The topological polar surface area (TPSA) is 693 Å². The summed E-state index contributed by atoms with van der Waals surface area (Å²) in [6.07, 6.45) is -4.35. The van der Waals surface area contributed by atoms with E-state index in [0.29, 0.717) is 40.1 Å². The molecule has 1 saturated heterocycles. The molecule has 14 unspecified atom stereocenters. The van der Waals surface area contributed by atoms with Crippen molar-refractivity contribution in [3.63, 3.8) is 0 Å². The number of primary amides is 1. The number of carbonyl (C=O) groups excluding carboxylic acids is 15. The molecule has 650 valence electrons. The number of nitrogens with two attached hydrogens (primary N) is 3. The third-order valence-corrected chi connectivity index (χ3v) is 19.2. The number of ether oxygens (including phenoxy) is 1. The van der Waals surface area contributed by atoms with E-state index >= 15 is 4.79 Å². The van der Waals surface area contributed by atoms with Crippen LogP contribution in [0.15, 0.2) is 30.5 Å². The van der Waals surface area contributed by atoms with Crippen LogP contribution in [0.2, 0.25) is 0 Å².